The van der Waals surface area contributed by atoms with Gasteiger partial charge in [0, 0.05) is 0 Å². The Labute approximate surface area is 93.7 Å². The summed E-state index contributed by atoms with van der Waals surface area (Å²) >= 11 is 0. The summed E-state index contributed by atoms with van der Waals surface area (Å²) < 4.78 is 4.96. The third kappa shape index (κ3) is 2.38. The van der Waals surface area contributed by atoms with Gasteiger partial charge in [-0.15, -0.1) is 0 Å². The molecule has 0 atom stereocenters. The molecule has 0 unspecified atom stereocenters. The zero-order valence-corrected chi connectivity index (χ0v) is 9.10. The number of benzene rings is 1. The molecule has 2 N–H and O–H groups in total. The Morgan fingerprint density at radius 3 is 2.81 bits per heavy atom. The molecule has 0 radical (unpaired) electrons. The number of nitrogens with two attached hydrogens (primary N) is 1. The number of ether oxygens (including phenoxy) is 1. The van der Waals surface area contributed by atoms with Crippen molar-refractivity contribution in [2.24, 2.45) is 5.73 Å². The molecule has 0 aromatic heterocycles. The van der Waals surface area contributed by atoms with E-state index in [1.165, 1.54) is 7.11 Å². The van der Waals surface area contributed by atoms with Gasteiger partial charge in [0.2, 0.25) is 0 Å². The predicted molar refractivity (Wildman–Crippen MR) is 62.4 cm³/mol. The predicted octanol–water partition coefficient (Wildman–Crippen LogP) is 1.97. The second-order valence-corrected chi connectivity index (χ2v) is 3.26. The first-order chi connectivity index (χ1) is 7.61. The van der Waals surface area contributed by atoms with Crippen molar-refractivity contribution in [2.75, 3.05) is 13.7 Å². The van der Waals surface area contributed by atoms with Gasteiger partial charge in [-0.2, -0.15) is 0 Å². The molecule has 0 bridgehead atoms. The van der Waals surface area contributed by atoms with Crippen LogP contribution in [0, 0.1) is 10.1 Å². The number of nitro benzene ring substituents is 1. The van der Waals surface area contributed by atoms with Gasteiger partial charge >= 0.3 is 5.69 Å². The average molecular weight is 222 g/mol. The van der Waals surface area contributed by atoms with Crippen LogP contribution in [0.5, 0.6) is 5.75 Å². The van der Waals surface area contributed by atoms with Crippen LogP contribution < -0.4 is 10.5 Å². The Morgan fingerprint density at radius 2 is 2.31 bits per heavy atom. The van der Waals surface area contributed by atoms with E-state index in [1.807, 2.05) is 0 Å². The second-order valence-electron chi connectivity index (χ2n) is 3.26. The van der Waals surface area contributed by atoms with E-state index in [1.54, 1.807) is 18.2 Å². The summed E-state index contributed by atoms with van der Waals surface area (Å²) in [4.78, 5) is 10.5. The molecule has 0 heterocycles. The first kappa shape index (κ1) is 12.2. The van der Waals surface area contributed by atoms with Gasteiger partial charge in [-0.3, -0.25) is 10.1 Å². The summed E-state index contributed by atoms with van der Waals surface area (Å²) in [5.74, 6) is 0.237. The summed E-state index contributed by atoms with van der Waals surface area (Å²) in [6.45, 7) is 4.20. The first-order valence-corrected chi connectivity index (χ1v) is 4.81. The van der Waals surface area contributed by atoms with Crippen LogP contribution in [-0.4, -0.2) is 18.6 Å². The fourth-order valence-electron chi connectivity index (χ4n) is 1.47. The van der Waals surface area contributed by atoms with Gasteiger partial charge in [0.15, 0.2) is 5.75 Å². The maximum atomic E-state index is 11.0. The van der Waals surface area contributed by atoms with Crippen molar-refractivity contribution in [2.45, 2.75) is 6.42 Å². The van der Waals surface area contributed by atoms with Crippen molar-refractivity contribution in [1.82, 2.24) is 0 Å². The molecule has 5 nitrogen and oxygen atoms in total. The molecule has 0 fully saturated rings. The van der Waals surface area contributed by atoms with Crippen LogP contribution in [0.15, 0.2) is 24.8 Å². The molecule has 0 saturated carbocycles. The Bertz CT molecular complexity index is 416. The van der Waals surface area contributed by atoms with Gasteiger partial charge in [0.25, 0.3) is 0 Å². The van der Waals surface area contributed by atoms with Crippen molar-refractivity contribution in [1.29, 1.82) is 0 Å². The number of nitrogens with zero attached hydrogens (tertiary/aromatic N) is 1. The smallest absolute Gasteiger partial charge is 0.318 e. The van der Waals surface area contributed by atoms with Crippen LogP contribution in [0.2, 0.25) is 0 Å². The Kier molecular flexibility index (Phi) is 4.02. The maximum absolute atomic E-state index is 11.0. The van der Waals surface area contributed by atoms with E-state index in [9.17, 15) is 10.1 Å². The minimum atomic E-state index is -0.462. The van der Waals surface area contributed by atoms with Crippen LogP contribution in [0.3, 0.4) is 0 Å². The zero-order chi connectivity index (χ0) is 12.1. The minimum Gasteiger partial charge on any atom is -0.490 e. The lowest BCUT2D eigenvalue weighted by molar-refractivity contribution is -0.386. The highest BCUT2D eigenvalue weighted by Gasteiger charge is 2.21. The fourth-order valence-corrected chi connectivity index (χ4v) is 1.47. The molecule has 0 amide bonds. The Morgan fingerprint density at radius 1 is 1.62 bits per heavy atom. The molecule has 1 aromatic carbocycles. The lowest BCUT2D eigenvalue weighted by atomic mass is 10.0. The fraction of sp³-hybridized carbons (Fsp3) is 0.273. The van der Waals surface area contributed by atoms with Crippen LogP contribution in [0.1, 0.15) is 12.0 Å². The van der Waals surface area contributed by atoms with Crippen molar-refractivity contribution >= 4 is 11.3 Å². The molecule has 0 aliphatic carbocycles. The minimum absolute atomic E-state index is 0.0524. The number of rotatable bonds is 5. The third-order valence-corrected chi connectivity index (χ3v) is 2.23. The maximum Gasteiger partial charge on any atom is 0.318 e. The van der Waals surface area contributed by atoms with Crippen LogP contribution in [0.4, 0.5) is 5.69 Å². The highest BCUT2D eigenvalue weighted by molar-refractivity contribution is 5.74. The summed E-state index contributed by atoms with van der Waals surface area (Å²) in [5.41, 5.74) is 6.48. The van der Waals surface area contributed by atoms with E-state index in [0.717, 1.165) is 0 Å². The molecule has 0 spiro atoms. The summed E-state index contributed by atoms with van der Waals surface area (Å²) in [6.07, 6.45) is 0.522. The van der Waals surface area contributed by atoms with Crippen LogP contribution in [0.25, 0.3) is 5.57 Å². The van der Waals surface area contributed by atoms with Crippen LogP contribution in [-0.2, 0) is 0 Å². The molecule has 0 saturated heterocycles. The number of nitro groups is 1. The van der Waals surface area contributed by atoms with E-state index < -0.39 is 4.92 Å². The molecule has 0 aliphatic rings. The molecule has 16 heavy (non-hydrogen) atoms. The molecule has 1 aromatic rings. The normalized spacial score (nSPS) is 9.88. The lowest BCUT2D eigenvalue weighted by Gasteiger charge is -2.08. The first-order valence-electron chi connectivity index (χ1n) is 4.81. The summed E-state index contributed by atoms with van der Waals surface area (Å²) in [6, 6.07) is 4.90. The van der Waals surface area contributed by atoms with Gasteiger partial charge in [0.05, 0.1) is 17.6 Å². The molecular weight excluding hydrogens is 208 g/mol. The van der Waals surface area contributed by atoms with Gasteiger partial charge in [0.1, 0.15) is 0 Å². The molecular formula is C11H14N2O3. The van der Waals surface area contributed by atoms with Gasteiger partial charge < -0.3 is 10.5 Å². The van der Waals surface area contributed by atoms with Crippen LogP contribution >= 0.6 is 0 Å². The van der Waals surface area contributed by atoms with E-state index in [2.05, 4.69) is 6.58 Å². The Hall–Kier alpha value is -1.88. The number of methoxy groups -OCH3 is 1. The average Bonchev–Trinajstić information content (AvgIpc) is 2.28. The third-order valence-electron chi connectivity index (χ3n) is 2.23. The standard InChI is InChI=1S/C11H14N2O3/c1-8(6-7-12)9-4-3-5-10(16-2)11(9)13(14)15/h3-5H,1,6-7,12H2,2H3. The van der Waals surface area contributed by atoms with Gasteiger partial charge in [-0.05, 0) is 30.7 Å². The molecule has 1 rings (SSSR count). The highest BCUT2D eigenvalue weighted by Crippen LogP contribution is 2.34. The lowest BCUT2D eigenvalue weighted by Crippen LogP contribution is -2.02. The molecule has 86 valence electrons. The highest BCUT2D eigenvalue weighted by atomic mass is 16.6. The van der Waals surface area contributed by atoms with E-state index in [0.29, 0.717) is 24.1 Å². The molecule has 0 aliphatic heterocycles. The van der Waals surface area contributed by atoms with Crippen molar-refractivity contribution < 1.29 is 9.66 Å². The van der Waals surface area contributed by atoms with E-state index in [-0.39, 0.29) is 11.4 Å². The van der Waals surface area contributed by atoms with Gasteiger partial charge in [-0.1, -0.05) is 12.6 Å². The second kappa shape index (κ2) is 5.27. The van der Waals surface area contributed by atoms with Gasteiger partial charge in [-0.25, -0.2) is 0 Å². The van der Waals surface area contributed by atoms with E-state index >= 15 is 0 Å². The van der Waals surface area contributed by atoms with Crippen molar-refractivity contribution in [3.05, 3.63) is 40.5 Å². The largest absolute Gasteiger partial charge is 0.490 e. The quantitative estimate of drug-likeness (QED) is 0.610. The van der Waals surface area contributed by atoms with E-state index in [4.69, 9.17) is 10.5 Å². The molecule has 5 heteroatoms. The SMILES string of the molecule is C=C(CCN)c1cccc(OC)c1[N+](=O)[O-]. The summed E-state index contributed by atoms with van der Waals surface area (Å²) in [7, 11) is 1.40. The van der Waals surface area contributed by atoms with Crippen molar-refractivity contribution in [3.63, 3.8) is 0 Å². The number of hydrogen-bond donors (Lipinski definition) is 1. The van der Waals surface area contributed by atoms with Crippen molar-refractivity contribution in [3.8, 4) is 5.75 Å². The number of para-hydroxylation sites is 1. The summed E-state index contributed by atoms with van der Waals surface area (Å²) in [5, 5.41) is 11.0. The number of hydrogen-bond acceptors (Lipinski definition) is 4. The zero-order valence-electron chi connectivity index (χ0n) is 9.10. The Balaban J connectivity index is 3.27. The topological polar surface area (TPSA) is 78.4 Å². The monoisotopic (exact) mass is 222 g/mol.